The van der Waals surface area contributed by atoms with Crippen molar-refractivity contribution in [3.63, 3.8) is 0 Å². The Kier molecular flexibility index (Phi) is 3.25. The minimum atomic E-state index is -1.71. The minimum absolute atomic E-state index is 0.762. The van der Waals surface area contributed by atoms with Gasteiger partial charge in [-0.15, -0.1) is 0 Å². The van der Waals surface area contributed by atoms with E-state index in [0.717, 1.165) is 6.47 Å². The molecule has 6 heteroatoms. The average molecular weight is 121 g/mol. The predicted octanol–water partition coefficient (Wildman–Crippen LogP) is -0.389. The zero-order valence-corrected chi connectivity index (χ0v) is 3.49. The van der Waals surface area contributed by atoms with E-state index in [9.17, 15) is 4.79 Å². The Morgan fingerprint density at radius 2 is 2.25 bits per heavy atom. The summed E-state index contributed by atoms with van der Waals surface area (Å²) >= 11 is 0. The van der Waals surface area contributed by atoms with E-state index in [-0.39, 0.29) is 0 Å². The first-order chi connectivity index (χ1) is 3.77. The van der Waals surface area contributed by atoms with Crippen LogP contribution in [0.4, 0.5) is 4.79 Å². The highest BCUT2D eigenvalue weighted by Gasteiger charge is 1.95. The van der Waals surface area contributed by atoms with E-state index in [1.165, 1.54) is 0 Å². The predicted molar refractivity (Wildman–Crippen MR) is 17.0 cm³/mol. The molecule has 0 fully saturated rings. The summed E-state index contributed by atoms with van der Waals surface area (Å²) in [6.07, 6.45) is -1.71. The van der Waals surface area contributed by atoms with E-state index < -0.39 is 6.16 Å². The number of hydrogen-bond acceptors (Lipinski definition) is 5. The normalized spacial score (nSPS) is 7.50. The molecule has 0 aromatic rings. The van der Waals surface area contributed by atoms with Crippen LogP contribution in [0.2, 0.25) is 0 Å². The number of carbonyl (C=O) groups excluding carboxylic acids is 1. The molecule has 8 heavy (non-hydrogen) atoms. The first kappa shape index (κ1) is 6.70. The van der Waals surface area contributed by atoms with Crippen LogP contribution in [0.5, 0.6) is 0 Å². The standard InChI is InChI=1S/C2HO6/c3-1-6-8-7-2(4)5/h(H,4,5). The largest absolute Gasteiger partial charge is 0.540 e. The molecule has 0 atom stereocenters. The smallest absolute Gasteiger partial charge is 0.448 e. The molecule has 0 aromatic heterocycles. The van der Waals surface area contributed by atoms with Crippen molar-refractivity contribution in [3.05, 3.63) is 0 Å². The molecule has 0 aromatic carbocycles. The molecule has 0 rings (SSSR count). The fraction of sp³-hybridized carbons (Fsp3) is 0. The summed E-state index contributed by atoms with van der Waals surface area (Å²) in [7, 11) is 0. The Morgan fingerprint density at radius 1 is 1.62 bits per heavy atom. The highest BCUT2D eigenvalue weighted by atomic mass is 17.5. The van der Waals surface area contributed by atoms with Crippen molar-refractivity contribution >= 4 is 12.6 Å². The summed E-state index contributed by atoms with van der Waals surface area (Å²) in [4.78, 5) is 24.8. The van der Waals surface area contributed by atoms with Crippen molar-refractivity contribution in [2.45, 2.75) is 0 Å². The lowest BCUT2D eigenvalue weighted by atomic mass is 11.4. The zero-order chi connectivity index (χ0) is 6.41. The molecule has 0 aliphatic carbocycles. The van der Waals surface area contributed by atoms with E-state index >= 15 is 0 Å². The number of carbonyl (C=O) groups is 1. The van der Waals surface area contributed by atoms with Gasteiger partial charge in [-0.25, -0.2) is 19.4 Å². The molecule has 0 heterocycles. The maximum Gasteiger partial charge on any atom is 0.540 e. The van der Waals surface area contributed by atoms with Gasteiger partial charge in [0.15, 0.2) is 0 Å². The summed E-state index contributed by atoms with van der Waals surface area (Å²) in [5.41, 5.74) is 0. The van der Waals surface area contributed by atoms with E-state index in [0.29, 0.717) is 0 Å². The molecule has 0 spiro atoms. The van der Waals surface area contributed by atoms with E-state index in [1.807, 2.05) is 0 Å². The first-order valence-corrected chi connectivity index (χ1v) is 1.37. The van der Waals surface area contributed by atoms with Gasteiger partial charge in [0.05, 0.1) is 5.04 Å². The molecule has 1 radical (unpaired) electrons. The molecule has 0 aliphatic rings. The van der Waals surface area contributed by atoms with Crippen molar-refractivity contribution in [1.29, 1.82) is 0 Å². The second-order valence-corrected chi connectivity index (χ2v) is 0.584. The third-order valence-corrected chi connectivity index (χ3v) is 0.173. The van der Waals surface area contributed by atoms with Crippen molar-refractivity contribution in [3.8, 4) is 0 Å². The third kappa shape index (κ3) is 4.70. The number of carboxylic acid groups (broad SMARTS) is 1. The molecule has 45 valence electrons. The molecular weight excluding hydrogens is 120 g/mol. The van der Waals surface area contributed by atoms with Gasteiger partial charge in [-0.1, -0.05) is 0 Å². The van der Waals surface area contributed by atoms with Crippen molar-refractivity contribution in [2.75, 3.05) is 0 Å². The van der Waals surface area contributed by atoms with Crippen molar-refractivity contribution in [1.82, 2.24) is 0 Å². The summed E-state index contributed by atoms with van der Waals surface area (Å²) in [6, 6.07) is 0. The van der Waals surface area contributed by atoms with E-state index in [2.05, 4.69) is 14.8 Å². The third-order valence-electron chi connectivity index (χ3n) is 0.173. The lowest BCUT2D eigenvalue weighted by Crippen LogP contribution is -2.00. The first-order valence-electron chi connectivity index (χ1n) is 1.37. The van der Waals surface area contributed by atoms with Gasteiger partial charge in [-0.3, -0.25) is 0 Å². The van der Waals surface area contributed by atoms with Crippen LogP contribution in [0.25, 0.3) is 0 Å². The molecular formula is C2HO6. The van der Waals surface area contributed by atoms with Crippen LogP contribution in [0.3, 0.4) is 0 Å². The Labute approximate surface area is 43.4 Å². The summed E-state index contributed by atoms with van der Waals surface area (Å²) < 4.78 is 0. The van der Waals surface area contributed by atoms with E-state index in [1.54, 1.807) is 0 Å². The molecule has 0 aliphatic heterocycles. The molecule has 1 N–H and O–H groups in total. The maximum absolute atomic E-state index is 9.32. The van der Waals surface area contributed by atoms with Gasteiger partial charge in [0.1, 0.15) is 0 Å². The fourth-order valence-electron chi connectivity index (χ4n) is 0.0600. The van der Waals surface area contributed by atoms with Gasteiger partial charge in [0.2, 0.25) is 0 Å². The van der Waals surface area contributed by atoms with Crippen LogP contribution in [0.1, 0.15) is 0 Å². The number of hydrogen-bond donors (Lipinski definition) is 1. The summed E-state index contributed by atoms with van der Waals surface area (Å²) in [5, 5.41) is 10.8. The van der Waals surface area contributed by atoms with Gasteiger partial charge < -0.3 is 5.11 Å². The second-order valence-electron chi connectivity index (χ2n) is 0.584. The van der Waals surface area contributed by atoms with Crippen LogP contribution in [-0.4, -0.2) is 17.7 Å². The topological polar surface area (TPSA) is 82.1 Å². The Hall–Kier alpha value is -1.30. The monoisotopic (exact) mass is 121 g/mol. The van der Waals surface area contributed by atoms with Crippen LogP contribution < -0.4 is 0 Å². The second kappa shape index (κ2) is 3.88. The Morgan fingerprint density at radius 3 is 2.62 bits per heavy atom. The van der Waals surface area contributed by atoms with Crippen LogP contribution in [0.15, 0.2) is 0 Å². The van der Waals surface area contributed by atoms with Gasteiger partial charge in [0.25, 0.3) is 0 Å². The van der Waals surface area contributed by atoms with E-state index in [4.69, 9.17) is 9.90 Å². The number of rotatable bonds is 3. The summed E-state index contributed by atoms with van der Waals surface area (Å²) in [6.45, 7) is 0.762. The molecule has 0 unspecified atom stereocenters. The van der Waals surface area contributed by atoms with Gasteiger partial charge >= 0.3 is 12.6 Å². The van der Waals surface area contributed by atoms with Crippen LogP contribution in [-0.2, 0) is 19.6 Å². The van der Waals surface area contributed by atoms with Gasteiger partial charge in [-0.05, 0) is 0 Å². The van der Waals surface area contributed by atoms with Crippen LogP contribution >= 0.6 is 0 Å². The lowest BCUT2D eigenvalue weighted by molar-refractivity contribution is -0.444. The maximum atomic E-state index is 9.32. The van der Waals surface area contributed by atoms with Gasteiger partial charge in [0, 0.05) is 0 Å². The highest BCUT2D eigenvalue weighted by Crippen LogP contribution is 1.76. The molecule has 0 bridgehead atoms. The molecule has 6 nitrogen and oxygen atoms in total. The quantitative estimate of drug-likeness (QED) is 0.311. The SMILES string of the molecule is O=[C]OOOC(=O)O. The zero-order valence-electron chi connectivity index (χ0n) is 3.49. The molecule has 0 saturated heterocycles. The minimum Gasteiger partial charge on any atom is -0.448 e. The average Bonchev–Trinajstić information content (AvgIpc) is 1.66. The van der Waals surface area contributed by atoms with Crippen molar-refractivity contribution < 1.29 is 29.5 Å². The lowest BCUT2D eigenvalue weighted by Gasteiger charge is -1.88. The molecule has 0 saturated carbocycles. The fourth-order valence-corrected chi connectivity index (χ4v) is 0.0600. The summed E-state index contributed by atoms with van der Waals surface area (Å²) in [5.74, 6) is 0. The van der Waals surface area contributed by atoms with Gasteiger partial charge in [-0.2, -0.15) is 0 Å². The Bertz CT molecular complexity index is 86.5. The highest BCUT2D eigenvalue weighted by molar-refractivity contribution is 5.55. The molecule has 0 amide bonds. The van der Waals surface area contributed by atoms with Crippen LogP contribution in [0, 0.1) is 0 Å². The van der Waals surface area contributed by atoms with Crippen molar-refractivity contribution in [2.24, 2.45) is 0 Å². The Balaban J connectivity index is 2.93.